The van der Waals surface area contributed by atoms with Gasteiger partial charge in [-0.3, -0.25) is 18.9 Å². The Morgan fingerprint density at radius 1 is 1.22 bits per heavy atom. The molecule has 13 heteroatoms. The largest absolute Gasteiger partial charge is 0.454 e. The van der Waals surface area contributed by atoms with Crippen molar-refractivity contribution in [1.82, 2.24) is 9.88 Å². The molecule has 1 aliphatic carbocycles. The third-order valence-corrected chi connectivity index (χ3v) is 7.21. The average Bonchev–Trinajstić information content (AvgIpc) is 3.62. The second-order valence-corrected chi connectivity index (χ2v) is 12.0. The molecule has 1 aliphatic rings. The van der Waals surface area contributed by atoms with Gasteiger partial charge in [0.1, 0.15) is 28.0 Å². The molecule has 0 saturated heterocycles. The molecule has 0 aliphatic heterocycles. The van der Waals surface area contributed by atoms with Crippen molar-refractivity contribution in [3.05, 3.63) is 72.3 Å². The van der Waals surface area contributed by atoms with Crippen molar-refractivity contribution in [3.63, 3.8) is 0 Å². The molecule has 196 valence electrons. The average molecular weight is 661 g/mol. The highest BCUT2D eigenvalue weighted by Crippen LogP contribution is 2.39. The van der Waals surface area contributed by atoms with E-state index < -0.39 is 27.3 Å². The number of hydrogen-bond acceptors (Lipinski definition) is 6. The lowest BCUT2D eigenvalue weighted by atomic mass is 10.1. The molecule has 0 unspecified atom stereocenters. The molecule has 4 rings (SSSR count). The molecule has 1 fully saturated rings. The zero-order valence-corrected chi connectivity index (χ0v) is 23.7. The summed E-state index contributed by atoms with van der Waals surface area (Å²) in [6.45, 7) is 1.49. The Balaban J connectivity index is 1.89. The van der Waals surface area contributed by atoms with Crippen LogP contribution in [0.25, 0.3) is 0 Å². The minimum absolute atomic E-state index is 0.0125. The molecule has 0 spiro atoms. The minimum atomic E-state index is -3.64. The standard InChI is InChI=1S/C24H23ClFIN4O5S/c1-12-21(36-18-6-4-5-17(20(18)25)30-37(3,34)35)19(23(32)28-14-8-9-14)22(31(2)24(12)33)29-16-10-7-13(27)11-15(16)26/h4-7,10-11,14,29-30H,8-9H2,1-3H3,(H,28,32). The first-order valence-corrected chi connectivity index (χ1v) is 14.4. The molecule has 2 aromatic carbocycles. The molecule has 0 bridgehead atoms. The molecule has 1 heterocycles. The summed E-state index contributed by atoms with van der Waals surface area (Å²) in [5, 5.41) is 5.69. The van der Waals surface area contributed by atoms with Crippen LogP contribution in [0.4, 0.5) is 21.6 Å². The Hall–Kier alpha value is -2.84. The summed E-state index contributed by atoms with van der Waals surface area (Å²) in [6.07, 6.45) is 2.60. The Morgan fingerprint density at radius 3 is 2.54 bits per heavy atom. The van der Waals surface area contributed by atoms with E-state index in [9.17, 15) is 22.4 Å². The van der Waals surface area contributed by atoms with Crippen LogP contribution >= 0.6 is 34.2 Å². The Bertz CT molecular complexity index is 1570. The zero-order valence-electron chi connectivity index (χ0n) is 20.0. The van der Waals surface area contributed by atoms with Crippen molar-refractivity contribution in [2.24, 2.45) is 7.05 Å². The minimum Gasteiger partial charge on any atom is -0.454 e. The second kappa shape index (κ2) is 10.5. The van der Waals surface area contributed by atoms with Crippen LogP contribution in [0.2, 0.25) is 5.02 Å². The highest BCUT2D eigenvalue weighted by atomic mass is 127. The molecular formula is C24H23ClFIN4O5S. The van der Waals surface area contributed by atoms with Gasteiger partial charge in [-0.05, 0) is 72.7 Å². The zero-order chi connectivity index (χ0) is 27.1. The molecule has 0 atom stereocenters. The fourth-order valence-electron chi connectivity index (χ4n) is 3.58. The van der Waals surface area contributed by atoms with Gasteiger partial charge < -0.3 is 15.4 Å². The van der Waals surface area contributed by atoms with Gasteiger partial charge in [-0.2, -0.15) is 0 Å². The first-order valence-electron chi connectivity index (χ1n) is 11.1. The van der Waals surface area contributed by atoms with Gasteiger partial charge in [0.15, 0.2) is 5.75 Å². The number of nitrogens with zero attached hydrogens (tertiary/aromatic N) is 1. The summed E-state index contributed by atoms with van der Waals surface area (Å²) in [4.78, 5) is 26.6. The number of nitrogens with one attached hydrogen (secondary N) is 3. The van der Waals surface area contributed by atoms with E-state index >= 15 is 0 Å². The second-order valence-electron chi connectivity index (χ2n) is 8.63. The quantitative estimate of drug-likeness (QED) is 0.296. The van der Waals surface area contributed by atoms with Gasteiger partial charge in [0, 0.05) is 16.7 Å². The lowest BCUT2D eigenvalue weighted by molar-refractivity contribution is 0.0948. The van der Waals surface area contributed by atoms with Crippen molar-refractivity contribution in [2.75, 3.05) is 16.3 Å². The number of sulfonamides is 1. The lowest BCUT2D eigenvalue weighted by Gasteiger charge is -2.22. The van der Waals surface area contributed by atoms with Crippen molar-refractivity contribution >= 4 is 67.3 Å². The van der Waals surface area contributed by atoms with Crippen LogP contribution in [0.1, 0.15) is 28.8 Å². The number of hydrogen-bond donors (Lipinski definition) is 3. The van der Waals surface area contributed by atoms with E-state index in [2.05, 4.69) is 15.4 Å². The summed E-state index contributed by atoms with van der Waals surface area (Å²) < 4.78 is 48.4. The highest BCUT2D eigenvalue weighted by Gasteiger charge is 2.31. The number of halogens is 3. The van der Waals surface area contributed by atoms with Gasteiger partial charge in [-0.15, -0.1) is 0 Å². The van der Waals surface area contributed by atoms with Crippen LogP contribution in [-0.2, 0) is 17.1 Å². The van der Waals surface area contributed by atoms with E-state index in [1.807, 2.05) is 22.6 Å². The van der Waals surface area contributed by atoms with Gasteiger partial charge in [0.05, 0.1) is 23.2 Å². The first-order chi connectivity index (χ1) is 17.4. The normalized spacial score (nSPS) is 13.2. The first kappa shape index (κ1) is 27.2. The van der Waals surface area contributed by atoms with Crippen molar-refractivity contribution in [3.8, 4) is 11.5 Å². The maximum absolute atomic E-state index is 14.7. The third-order valence-electron chi connectivity index (χ3n) is 5.56. The van der Waals surface area contributed by atoms with E-state index in [0.29, 0.717) is 3.57 Å². The van der Waals surface area contributed by atoms with Crippen LogP contribution in [0.15, 0.2) is 41.2 Å². The van der Waals surface area contributed by atoms with E-state index in [1.165, 1.54) is 48.9 Å². The molecule has 1 amide bonds. The number of rotatable bonds is 8. The van der Waals surface area contributed by atoms with E-state index in [-0.39, 0.29) is 50.9 Å². The molecule has 0 radical (unpaired) electrons. The van der Waals surface area contributed by atoms with Gasteiger partial charge >= 0.3 is 0 Å². The number of carbonyl (C=O) groups is 1. The monoisotopic (exact) mass is 660 g/mol. The number of aromatic nitrogens is 1. The van der Waals surface area contributed by atoms with Crippen molar-refractivity contribution < 1.29 is 22.3 Å². The van der Waals surface area contributed by atoms with Gasteiger partial charge in [-0.1, -0.05) is 17.7 Å². The maximum atomic E-state index is 14.7. The van der Waals surface area contributed by atoms with E-state index in [1.54, 1.807) is 6.07 Å². The number of amides is 1. The molecule has 1 saturated carbocycles. The molecule has 3 N–H and O–H groups in total. The van der Waals surface area contributed by atoms with Gasteiger partial charge in [0.25, 0.3) is 11.5 Å². The van der Waals surface area contributed by atoms with Crippen LogP contribution < -0.4 is 25.7 Å². The summed E-state index contributed by atoms with van der Waals surface area (Å²) in [5.74, 6) is -1.15. The summed E-state index contributed by atoms with van der Waals surface area (Å²) in [5.41, 5.74) is -0.293. The number of carbonyl (C=O) groups excluding carboxylic acids is 1. The molecular weight excluding hydrogens is 638 g/mol. The number of ether oxygens (including phenoxy) is 1. The Kier molecular flexibility index (Phi) is 7.72. The number of pyridine rings is 1. The lowest BCUT2D eigenvalue weighted by Crippen LogP contribution is -2.31. The van der Waals surface area contributed by atoms with Crippen LogP contribution in [0.3, 0.4) is 0 Å². The van der Waals surface area contributed by atoms with Crippen LogP contribution in [-0.4, -0.2) is 31.2 Å². The Labute approximate surface area is 231 Å². The SMILES string of the molecule is Cc1c(Oc2cccc(NS(C)(=O)=O)c2Cl)c(C(=O)NC2CC2)c(Nc2ccc(I)cc2F)n(C)c1=O. The van der Waals surface area contributed by atoms with Crippen molar-refractivity contribution in [2.45, 2.75) is 25.8 Å². The summed E-state index contributed by atoms with van der Waals surface area (Å²) >= 11 is 8.39. The van der Waals surface area contributed by atoms with Crippen molar-refractivity contribution in [1.29, 1.82) is 0 Å². The van der Waals surface area contributed by atoms with Crippen LogP contribution in [0.5, 0.6) is 11.5 Å². The number of anilines is 3. The van der Waals surface area contributed by atoms with Gasteiger partial charge in [-0.25, -0.2) is 12.8 Å². The molecule has 1 aromatic heterocycles. The maximum Gasteiger partial charge on any atom is 0.259 e. The van der Waals surface area contributed by atoms with Gasteiger partial charge in [0.2, 0.25) is 10.0 Å². The smallest absolute Gasteiger partial charge is 0.259 e. The summed E-state index contributed by atoms with van der Waals surface area (Å²) in [7, 11) is -2.18. The van der Waals surface area contributed by atoms with E-state index in [0.717, 1.165) is 19.1 Å². The predicted octanol–water partition coefficient (Wildman–Crippen LogP) is 4.89. The highest BCUT2D eigenvalue weighted by molar-refractivity contribution is 14.1. The van der Waals surface area contributed by atoms with Crippen LogP contribution in [0, 0.1) is 16.3 Å². The molecule has 9 nitrogen and oxygen atoms in total. The fourth-order valence-corrected chi connectivity index (χ4v) is 4.87. The third kappa shape index (κ3) is 6.18. The Morgan fingerprint density at radius 2 is 1.92 bits per heavy atom. The topological polar surface area (TPSA) is 119 Å². The number of benzene rings is 2. The predicted molar refractivity (Wildman–Crippen MR) is 149 cm³/mol. The fraction of sp³-hybridized carbons (Fsp3) is 0.250. The summed E-state index contributed by atoms with van der Waals surface area (Å²) in [6, 6.07) is 8.90. The van der Waals surface area contributed by atoms with E-state index in [4.69, 9.17) is 16.3 Å². The molecule has 37 heavy (non-hydrogen) atoms. The molecule has 3 aromatic rings.